The molecule has 0 aliphatic heterocycles. The molecule has 0 spiro atoms. The molecule has 0 fully saturated rings. The molecule has 2 unspecified atom stereocenters. The monoisotopic (exact) mass is 230 g/mol. The summed E-state index contributed by atoms with van der Waals surface area (Å²) in [7, 11) is -0.744. The highest BCUT2D eigenvalue weighted by Crippen LogP contribution is 2.20. The molecule has 15 heavy (non-hydrogen) atoms. The molecule has 0 saturated carbocycles. The van der Waals surface area contributed by atoms with Gasteiger partial charge in [-0.25, -0.2) is 0 Å². The van der Waals surface area contributed by atoms with Crippen LogP contribution in [0, 0.1) is 16.7 Å². The summed E-state index contributed by atoms with van der Waals surface area (Å²) in [5.74, 6) is 0.689. The molecule has 0 aromatic heterocycles. The second kappa shape index (κ2) is 6.97. The maximum absolute atomic E-state index is 11.0. The summed E-state index contributed by atoms with van der Waals surface area (Å²) in [6.07, 6.45) is 3.22. The molecule has 88 valence electrons. The van der Waals surface area contributed by atoms with Gasteiger partial charge in [0, 0.05) is 41.8 Å². The third kappa shape index (κ3) is 8.59. The minimum atomic E-state index is -0.744. The number of nitrogens with one attached hydrogen (secondary N) is 1. The smallest absolute Gasteiger partial charge is 0.0621 e. The molecule has 0 aromatic carbocycles. The standard InChI is InChI=1S/C11H22N2OS/c1-10(8-15(4)14)13-9-11(2,3)6-5-7-12/h10,13H,5-6,8-9H2,1-4H3. The van der Waals surface area contributed by atoms with E-state index in [0.29, 0.717) is 12.2 Å². The van der Waals surface area contributed by atoms with Crippen LogP contribution in [0.25, 0.3) is 0 Å². The van der Waals surface area contributed by atoms with Gasteiger partial charge < -0.3 is 5.32 Å². The van der Waals surface area contributed by atoms with Crippen molar-refractivity contribution in [1.82, 2.24) is 5.32 Å². The largest absolute Gasteiger partial charge is 0.313 e. The Morgan fingerprint density at radius 2 is 2.13 bits per heavy atom. The normalized spacial score (nSPS) is 15.7. The van der Waals surface area contributed by atoms with Gasteiger partial charge in [-0.05, 0) is 18.8 Å². The molecule has 0 saturated heterocycles. The Kier molecular flexibility index (Phi) is 6.78. The van der Waals surface area contributed by atoms with Crippen LogP contribution < -0.4 is 5.32 Å². The van der Waals surface area contributed by atoms with Crippen molar-refractivity contribution >= 4 is 10.8 Å². The summed E-state index contributed by atoms with van der Waals surface area (Å²) in [6, 6.07) is 2.44. The van der Waals surface area contributed by atoms with Gasteiger partial charge in [0.1, 0.15) is 0 Å². The zero-order valence-corrected chi connectivity index (χ0v) is 11.0. The number of hydrogen-bond acceptors (Lipinski definition) is 3. The molecule has 0 amide bonds. The van der Waals surface area contributed by atoms with Crippen LogP contribution in [-0.2, 0) is 10.8 Å². The van der Waals surface area contributed by atoms with E-state index in [1.807, 2.05) is 6.92 Å². The van der Waals surface area contributed by atoms with Gasteiger partial charge in [0.05, 0.1) is 6.07 Å². The highest BCUT2D eigenvalue weighted by atomic mass is 32.2. The van der Waals surface area contributed by atoms with Crippen molar-refractivity contribution in [3.8, 4) is 6.07 Å². The van der Waals surface area contributed by atoms with Crippen molar-refractivity contribution < 1.29 is 4.21 Å². The number of nitrogens with zero attached hydrogens (tertiary/aromatic N) is 1. The first-order valence-corrected chi connectivity index (χ1v) is 7.00. The summed E-state index contributed by atoms with van der Waals surface area (Å²) in [5.41, 5.74) is 0.138. The minimum absolute atomic E-state index is 0.138. The topological polar surface area (TPSA) is 52.9 Å². The molecule has 2 atom stereocenters. The fourth-order valence-corrected chi connectivity index (χ4v) is 2.17. The molecule has 1 N–H and O–H groups in total. The lowest BCUT2D eigenvalue weighted by Gasteiger charge is -2.26. The lowest BCUT2D eigenvalue weighted by molar-refractivity contribution is 0.308. The van der Waals surface area contributed by atoms with Crippen molar-refractivity contribution in [2.24, 2.45) is 5.41 Å². The van der Waals surface area contributed by atoms with Crippen LogP contribution in [0.15, 0.2) is 0 Å². The zero-order valence-electron chi connectivity index (χ0n) is 10.2. The molecule has 0 aliphatic carbocycles. The molecular weight excluding hydrogens is 208 g/mol. The van der Waals surface area contributed by atoms with Crippen LogP contribution in [0.4, 0.5) is 0 Å². The van der Waals surface area contributed by atoms with Crippen LogP contribution in [-0.4, -0.2) is 28.8 Å². The van der Waals surface area contributed by atoms with E-state index < -0.39 is 10.8 Å². The Bertz CT molecular complexity index is 245. The van der Waals surface area contributed by atoms with Gasteiger partial charge in [-0.15, -0.1) is 0 Å². The predicted molar refractivity (Wildman–Crippen MR) is 65.0 cm³/mol. The Hall–Kier alpha value is -0.400. The van der Waals surface area contributed by atoms with Gasteiger partial charge in [-0.2, -0.15) is 5.26 Å². The molecule has 4 heteroatoms. The molecule has 0 radical (unpaired) electrons. The van der Waals surface area contributed by atoms with Crippen LogP contribution in [0.2, 0.25) is 0 Å². The molecule has 0 aliphatic rings. The second-order valence-electron chi connectivity index (χ2n) is 4.84. The summed E-state index contributed by atoms with van der Waals surface area (Å²) in [5, 5.41) is 11.9. The van der Waals surface area contributed by atoms with Gasteiger partial charge in [-0.3, -0.25) is 4.21 Å². The van der Waals surface area contributed by atoms with Crippen LogP contribution >= 0.6 is 0 Å². The van der Waals surface area contributed by atoms with E-state index in [-0.39, 0.29) is 11.5 Å². The SMILES string of the molecule is CC(CS(C)=O)NCC(C)(C)CCC#N. The second-order valence-corrected chi connectivity index (χ2v) is 6.32. The molecular formula is C11H22N2OS. The lowest BCUT2D eigenvalue weighted by Crippen LogP contribution is -2.38. The van der Waals surface area contributed by atoms with Gasteiger partial charge in [0.2, 0.25) is 0 Å². The molecule has 3 nitrogen and oxygen atoms in total. The fourth-order valence-electron chi connectivity index (χ4n) is 1.34. The first-order valence-electron chi connectivity index (χ1n) is 5.28. The van der Waals surface area contributed by atoms with E-state index >= 15 is 0 Å². The average molecular weight is 230 g/mol. The average Bonchev–Trinajstić information content (AvgIpc) is 2.11. The van der Waals surface area contributed by atoms with Gasteiger partial charge in [-0.1, -0.05) is 13.8 Å². The van der Waals surface area contributed by atoms with Crippen LogP contribution in [0.5, 0.6) is 0 Å². The first kappa shape index (κ1) is 14.6. The van der Waals surface area contributed by atoms with E-state index in [2.05, 4.69) is 25.2 Å². The van der Waals surface area contributed by atoms with E-state index in [1.165, 1.54) is 0 Å². The van der Waals surface area contributed by atoms with Crippen LogP contribution in [0.1, 0.15) is 33.6 Å². The Morgan fingerprint density at radius 3 is 2.60 bits per heavy atom. The van der Waals surface area contributed by atoms with Crippen molar-refractivity contribution in [1.29, 1.82) is 5.26 Å². The number of rotatable bonds is 7. The third-order valence-electron chi connectivity index (χ3n) is 2.33. The molecule has 0 rings (SSSR count). The quantitative estimate of drug-likeness (QED) is 0.724. The van der Waals surface area contributed by atoms with Crippen molar-refractivity contribution in [3.63, 3.8) is 0 Å². The van der Waals surface area contributed by atoms with Gasteiger partial charge >= 0.3 is 0 Å². The number of hydrogen-bond donors (Lipinski definition) is 1. The third-order valence-corrected chi connectivity index (χ3v) is 3.30. The highest BCUT2D eigenvalue weighted by Gasteiger charge is 2.18. The summed E-state index contributed by atoms with van der Waals surface area (Å²) in [4.78, 5) is 0. The summed E-state index contributed by atoms with van der Waals surface area (Å²) < 4.78 is 11.0. The van der Waals surface area contributed by atoms with Crippen molar-refractivity contribution in [3.05, 3.63) is 0 Å². The Labute approximate surface area is 95.7 Å². The van der Waals surface area contributed by atoms with Gasteiger partial charge in [0.15, 0.2) is 0 Å². The van der Waals surface area contributed by atoms with E-state index in [9.17, 15) is 4.21 Å². The Balaban J connectivity index is 3.82. The first-order chi connectivity index (χ1) is 6.87. The maximum atomic E-state index is 11.0. The molecule has 0 aromatic rings. The predicted octanol–water partition coefficient (Wildman–Crippen LogP) is 1.67. The maximum Gasteiger partial charge on any atom is 0.0621 e. The minimum Gasteiger partial charge on any atom is -0.313 e. The van der Waals surface area contributed by atoms with E-state index in [1.54, 1.807) is 6.26 Å². The zero-order chi connectivity index (χ0) is 11.9. The lowest BCUT2D eigenvalue weighted by atomic mass is 9.88. The van der Waals surface area contributed by atoms with Gasteiger partial charge in [0.25, 0.3) is 0 Å². The fraction of sp³-hybridized carbons (Fsp3) is 0.909. The summed E-state index contributed by atoms with van der Waals surface area (Å²) >= 11 is 0. The van der Waals surface area contributed by atoms with Crippen LogP contribution in [0.3, 0.4) is 0 Å². The number of nitriles is 1. The van der Waals surface area contributed by atoms with E-state index in [4.69, 9.17) is 5.26 Å². The van der Waals surface area contributed by atoms with Crippen molar-refractivity contribution in [2.45, 2.75) is 39.7 Å². The van der Waals surface area contributed by atoms with Crippen molar-refractivity contribution in [2.75, 3.05) is 18.6 Å². The van der Waals surface area contributed by atoms with E-state index in [0.717, 1.165) is 13.0 Å². The Morgan fingerprint density at radius 1 is 1.53 bits per heavy atom. The highest BCUT2D eigenvalue weighted by molar-refractivity contribution is 7.84. The summed E-state index contributed by atoms with van der Waals surface area (Å²) in [6.45, 7) is 7.20. The molecule has 0 bridgehead atoms. The molecule has 0 heterocycles.